The van der Waals surface area contributed by atoms with Gasteiger partial charge in [0.15, 0.2) is 0 Å². The number of unbranched alkanes of at least 4 members (excludes halogenated alkanes) is 1. The monoisotopic (exact) mass is 256 g/mol. The highest BCUT2D eigenvalue weighted by molar-refractivity contribution is 5.93. The summed E-state index contributed by atoms with van der Waals surface area (Å²) in [5.41, 5.74) is 2.42. The first-order chi connectivity index (χ1) is 8.77. The zero-order chi connectivity index (χ0) is 13.2. The minimum atomic E-state index is -0.382. The van der Waals surface area contributed by atoms with Gasteiger partial charge in [0.25, 0.3) is 5.91 Å². The Hall–Kier alpha value is -1.37. The number of nitrogens with one attached hydrogen (secondary N) is 1. The predicted molar refractivity (Wildman–Crippen MR) is 65.7 cm³/mol. The Balaban J connectivity index is 2.12. The Bertz CT molecular complexity index is 352. The van der Waals surface area contributed by atoms with Crippen molar-refractivity contribution in [3.8, 4) is 0 Å². The summed E-state index contributed by atoms with van der Waals surface area (Å²) in [5.74, 6) is 5.21. The lowest BCUT2D eigenvalue weighted by atomic mass is 10.3. The summed E-state index contributed by atoms with van der Waals surface area (Å²) in [7, 11) is 0. The number of nitrogens with two attached hydrogens (primary N) is 1. The molecule has 0 radical (unpaired) electrons. The molecule has 0 aliphatic rings. The van der Waals surface area contributed by atoms with Crippen LogP contribution in [0.2, 0.25) is 0 Å². The van der Waals surface area contributed by atoms with Crippen LogP contribution in [0.3, 0.4) is 0 Å². The van der Waals surface area contributed by atoms with Gasteiger partial charge in [-0.2, -0.15) is 0 Å². The van der Waals surface area contributed by atoms with Crippen LogP contribution in [0.25, 0.3) is 0 Å². The molecule has 0 fully saturated rings. The Kier molecular flexibility index (Phi) is 7.09. The molecule has 1 aromatic rings. The zero-order valence-corrected chi connectivity index (χ0v) is 10.6. The van der Waals surface area contributed by atoms with Crippen LogP contribution in [-0.2, 0) is 16.1 Å². The summed E-state index contributed by atoms with van der Waals surface area (Å²) in [6.07, 6.45) is 3.54. The van der Waals surface area contributed by atoms with Crippen molar-refractivity contribution in [2.45, 2.75) is 26.4 Å². The molecule has 1 aromatic heterocycles. The molecule has 18 heavy (non-hydrogen) atoms. The number of carbonyl (C=O) groups is 1. The van der Waals surface area contributed by atoms with Crippen molar-refractivity contribution in [1.29, 1.82) is 0 Å². The number of hydrogen-bond acceptors (Lipinski definition) is 5. The first kappa shape index (κ1) is 14.7. The highest BCUT2D eigenvalue weighted by atomic mass is 16.5. The van der Waals surface area contributed by atoms with Gasteiger partial charge >= 0.3 is 0 Å². The molecule has 0 bridgehead atoms. The normalized spacial score (nSPS) is 10.6. The summed E-state index contributed by atoms with van der Waals surface area (Å²) < 4.78 is 15.8. The number of ether oxygens (including phenoxy) is 2. The molecule has 6 heteroatoms. The van der Waals surface area contributed by atoms with Gasteiger partial charge in [0.05, 0.1) is 18.8 Å². The summed E-state index contributed by atoms with van der Waals surface area (Å²) in [6.45, 7) is 4.27. The van der Waals surface area contributed by atoms with E-state index in [0.29, 0.717) is 31.1 Å². The molecule has 0 aliphatic heterocycles. The molecule has 1 heterocycles. The van der Waals surface area contributed by atoms with Gasteiger partial charge in [0, 0.05) is 6.61 Å². The van der Waals surface area contributed by atoms with Crippen molar-refractivity contribution < 1.29 is 18.7 Å². The second-order valence-electron chi connectivity index (χ2n) is 3.79. The molecule has 0 saturated carbocycles. The lowest BCUT2D eigenvalue weighted by Gasteiger charge is -2.03. The van der Waals surface area contributed by atoms with Crippen molar-refractivity contribution in [1.82, 2.24) is 5.43 Å². The van der Waals surface area contributed by atoms with Gasteiger partial charge in [0.1, 0.15) is 18.6 Å². The van der Waals surface area contributed by atoms with Gasteiger partial charge in [-0.05, 0) is 12.5 Å². The quantitative estimate of drug-likeness (QED) is 0.300. The summed E-state index contributed by atoms with van der Waals surface area (Å²) in [6, 6.07) is 1.60. The van der Waals surface area contributed by atoms with E-state index in [2.05, 4.69) is 6.92 Å². The topological polar surface area (TPSA) is 86.7 Å². The van der Waals surface area contributed by atoms with Crippen LogP contribution in [0.4, 0.5) is 0 Å². The maximum absolute atomic E-state index is 11.1. The lowest BCUT2D eigenvalue weighted by molar-refractivity contribution is 0.0339. The standard InChI is InChI=1S/C12H20N2O4/c1-2-3-4-16-5-6-17-9-11-7-10(8-18-11)12(15)14-13/h7-8H,2-6,9,13H2,1H3,(H,14,15). The van der Waals surface area contributed by atoms with Gasteiger partial charge in [-0.1, -0.05) is 13.3 Å². The highest BCUT2D eigenvalue weighted by Crippen LogP contribution is 2.08. The SMILES string of the molecule is CCCCOCCOCc1cc(C(=O)NN)co1. The van der Waals surface area contributed by atoms with Crippen LogP contribution in [0, 0.1) is 0 Å². The Labute approximate surface area is 106 Å². The van der Waals surface area contributed by atoms with Gasteiger partial charge in [0.2, 0.25) is 0 Å². The lowest BCUT2D eigenvalue weighted by Crippen LogP contribution is -2.29. The van der Waals surface area contributed by atoms with Gasteiger partial charge in [-0.15, -0.1) is 0 Å². The number of nitrogen functional groups attached to an aromatic ring is 1. The van der Waals surface area contributed by atoms with Crippen LogP contribution in [0.1, 0.15) is 35.9 Å². The Morgan fingerprint density at radius 1 is 1.39 bits per heavy atom. The summed E-state index contributed by atoms with van der Waals surface area (Å²) in [5, 5.41) is 0. The molecular formula is C12H20N2O4. The van der Waals surface area contributed by atoms with Crippen molar-refractivity contribution >= 4 is 5.91 Å². The maximum Gasteiger partial charge on any atom is 0.268 e. The summed E-state index contributed by atoms with van der Waals surface area (Å²) in [4.78, 5) is 11.1. The van der Waals surface area contributed by atoms with E-state index in [0.717, 1.165) is 19.4 Å². The molecule has 0 aliphatic carbocycles. The van der Waals surface area contributed by atoms with Crippen molar-refractivity contribution in [3.63, 3.8) is 0 Å². The van der Waals surface area contributed by atoms with E-state index in [1.54, 1.807) is 6.07 Å². The average molecular weight is 256 g/mol. The van der Waals surface area contributed by atoms with Gasteiger partial charge in [-0.3, -0.25) is 10.2 Å². The first-order valence-corrected chi connectivity index (χ1v) is 6.01. The Morgan fingerprint density at radius 3 is 2.89 bits per heavy atom. The maximum atomic E-state index is 11.1. The van der Waals surface area contributed by atoms with E-state index in [4.69, 9.17) is 19.7 Å². The minimum Gasteiger partial charge on any atom is -0.466 e. The number of rotatable bonds is 9. The van der Waals surface area contributed by atoms with E-state index < -0.39 is 0 Å². The molecule has 1 rings (SSSR count). The molecule has 102 valence electrons. The van der Waals surface area contributed by atoms with Gasteiger partial charge < -0.3 is 13.9 Å². The third kappa shape index (κ3) is 5.31. The average Bonchev–Trinajstić information content (AvgIpc) is 2.85. The fourth-order valence-corrected chi connectivity index (χ4v) is 1.30. The van der Waals surface area contributed by atoms with Crippen LogP contribution >= 0.6 is 0 Å². The second-order valence-corrected chi connectivity index (χ2v) is 3.79. The number of hydrazine groups is 1. The molecule has 6 nitrogen and oxygen atoms in total. The highest BCUT2D eigenvalue weighted by Gasteiger charge is 2.08. The van der Waals surface area contributed by atoms with Crippen LogP contribution in [0.5, 0.6) is 0 Å². The van der Waals surface area contributed by atoms with Crippen molar-refractivity contribution in [2.75, 3.05) is 19.8 Å². The smallest absolute Gasteiger partial charge is 0.268 e. The number of carbonyl (C=O) groups excluding carboxylic acids is 1. The molecule has 0 atom stereocenters. The van der Waals surface area contributed by atoms with E-state index in [1.165, 1.54) is 6.26 Å². The van der Waals surface area contributed by atoms with Gasteiger partial charge in [-0.25, -0.2) is 5.84 Å². The van der Waals surface area contributed by atoms with Crippen LogP contribution in [0.15, 0.2) is 16.7 Å². The van der Waals surface area contributed by atoms with Crippen LogP contribution in [-0.4, -0.2) is 25.7 Å². The third-order valence-corrected chi connectivity index (χ3v) is 2.31. The molecule has 0 unspecified atom stereocenters. The van der Waals surface area contributed by atoms with E-state index in [1.807, 2.05) is 5.43 Å². The third-order valence-electron chi connectivity index (χ3n) is 2.31. The predicted octanol–water partition coefficient (Wildman–Crippen LogP) is 1.22. The molecule has 1 amide bonds. The van der Waals surface area contributed by atoms with Crippen molar-refractivity contribution in [3.05, 3.63) is 23.7 Å². The largest absolute Gasteiger partial charge is 0.466 e. The van der Waals surface area contributed by atoms with E-state index in [9.17, 15) is 4.79 Å². The van der Waals surface area contributed by atoms with Crippen molar-refractivity contribution in [2.24, 2.45) is 5.84 Å². The van der Waals surface area contributed by atoms with Crippen LogP contribution < -0.4 is 11.3 Å². The fourth-order valence-electron chi connectivity index (χ4n) is 1.30. The molecule has 3 N–H and O–H groups in total. The zero-order valence-electron chi connectivity index (χ0n) is 10.6. The number of hydrogen-bond donors (Lipinski definition) is 2. The second kappa shape index (κ2) is 8.68. The fraction of sp³-hybridized carbons (Fsp3) is 0.583. The minimum absolute atomic E-state index is 0.314. The molecule has 0 spiro atoms. The Morgan fingerprint density at radius 2 is 2.17 bits per heavy atom. The molecule has 0 aromatic carbocycles. The number of furan rings is 1. The molecule has 0 saturated heterocycles. The summed E-state index contributed by atoms with van der Waals surface area (Å²) >= 11 is 0. The van der Waals surface area contributed by atoms with E-state index in [-0.39, 0.29) is 5.91 Å². The number of amides is 1. The van der Waals surface area contributed by atoms with E-state index >= 15 is 0 Å². The molecular weight excluding hydrogens is 236 g/mol. The first-order valence-electron chi connectivity index (χ1n) is 6.01.